The molecule has 1 aromatic rings. The summed E-state index contributed by atoms with van der Waals surface area (Å²) in [6.07, 6.45) is 10.1. The van der Waals surface area contributed by atoms with Gasteiger partial charge in [-0.25, -0.2) is 0 Å². The Hall–Kier alpha value is -1.29. The average Bonchev–Trinajstić information content (AvgIpc) is 2.96. The van der Waals surface area contributed by atoms with E-state index < -0.39 is 0 Å². The van der Waals surface area contributed by atoms with Crippen molar-refractivity contribution >= 4 is 5.91 Å². The zero-order valence-electron chi connectivity index (χ0n) is 17.6. The molecule has 1 N–H and O–H groups in total. The number of nitrogens with zero attached hydrogens (tertiary/aromatic N) is 1. The van der Waals surface area contributed by atoms with Crippen molar-refractivity contribution < 1.29 is 9.21 Å². The van der Waals surface area contributed by atoms with E-state index in [2.05, 4.69) is 23.2 Å². The molecule has 5 aliphatic rings. The normalized spacial score (nSPS) is 35.4. The standard InChI is InChI=1S/C24H36N2O2/c1-16-7-22(17(2)28-16)15-26-5-3-18(4-6-26)14-25-23(27)24-11-19-8-20(12-24)10-21(9-19)13-24/h7,18-21H,3-6,8-15H2,1-2H3,(H,25,27). The van der Waals surface area contributed by atoms with Crippen LogP contribution in [0.5, 0.6) is 0 Å². The molecule has 4 aliphatic carbocycles. The Balaban J connectivity index is 1.10. The first-order valence-corrected chi connectivity index (χ1v) is 11.6. The van der Waals surface area contributed by atoms with Gasteiger partial charge < -0.3 is 9.73 Å². The summed E-state index contributed by atoms with van der Waals surface area (Å²) >= 11 is 0. The number of carbonyl (C=O) groups is 1. The lowest BCUT2D eigenvalue weighted by atomic mass is 9.49. The molecule has 0 spiro atoms. The minimum atomic E-state index is 0.00607. The van der Waals surface area contributed by atoms with Gasteiger partial charge in [-0.2, -0.15) is 0 Å². The Labute approximate surface area is 169 Å². The summed E-state index contributed by atoms with van der Waals surface area (Å²) in [7, 11) is 0. The van der Waals surface area contributed by atoms with Gasteiger partial charge in [-0.05, 0) is 108 Å². The number of piperidine rings is 1. The van der Waals surface area contributed by atoms with Crippen LogP contribution in [0.25, 0.3) is 0 Å². The van der Waals surface area contributed by atoms with Crippen LogP contribution in [-0.2, 0) is 11.3 Å². The van der Waals surface area contributed by atoms with E-state index in [-0.39, 0.29) is 5.41 Å². The van der Waals surface area contributed by atoms with E-state index in [1.54, 1.807) is 0 Å². The first-order chi connectivity index (χ1) is 13.5. The number of hydrogen-bond donors (Lipinski definition) is 1. The minimum absolute atomic E-state index is 0.00607. The Morgan fingerprint density at radius 1 is 1.11 bits per heavy atom. The van der Waals surface area contributed by atoms with E-state index in [1.165, 1.54) is 56.9 Å². The summed E-state index contributed by atoms with van der Waals surface area (Å²) in [4.78, 5) is 15.7. The molecule has 1 amide bonds. The second kappa shape index (κ2) is 7.19. The van der Waals surface area contributed by atoms with Gasteiger partial charge in [0.2, 0.25) is 5.91 Å². The lowest BCUT2D eigenvalue weighted by molar-refractivity contribution is -0.146. The van der Waals surface area contributed by atoms with Gasteiger partial charge in [0.25, 0.3) is 0 Å². The van der Waals surface area contributed by atoms with Crippen LogP contribution in [-0.4, -0.2) is 30.4 Å². The van der Waals surface area contributed by atoms with Crippen LogP contribution in [0, 0.1) is 42.9 Å². The number of amides is 1. The third-order valence-electron chi connectivity index (χ3n) is 8.32. The summed E-state index contributed by atoms with van der Waals surface area (Å²) < 4.78 is 5.67. The van der Waals surface area contributed by atoms with Crippen molar-refractivity contribution in [1.82, 2.24) is 10.2 Å². The Bertz CT molecular complexity index is 694. The second-order valence-corrected chi connectivity index (χ2v) is 10.6. The van der Waals surface area contributed by atoms with Crippen LogP contribution in [0.2, 0.25) is 0 Å². The van der Waals surface area contributed by atoms with Crippen molar-refractivity contribution in [1.29, 1.82) is 0 Å². The molecule has 0 aromatic carbocycles. The largest absolute Gasteiger partial charge is 0.466 e. The molecule has 28 heavy (non-hydrogen) atoms. The van der Waals surface area contributed by atoms with Gasteiger partial charge in [0.05, 0.1) is 0 Å². The van der Waals surface area contributed by atoms with Crippen molar-refractivity contribution in [3.63, 3.8) is 0 Å². The Morgan fingerprint density at radius 2 is 1.71 bits per heavy atom. The van der Waals surface area contributed by atoms with Gasteiger partial charge in [-0.3, -0.25) is 9.69 Å². The highest BCUT2D eigenvalue weighted by Gasteiger charge is 2.54. The van der Waals surface area contributed by atoms with Crippen LogP contribution >= 0.6 is 0 Å². The van der Waals surface area contributed by atoms with Gasteiger partial charge in [-0.15, -0.1) is 0 Å². The number of nitrogens with one attached hydrogen (secondary N) is 1. The maximum absolute atomic E-state index is 13.2. The van der Waals surface area contributed by atoms with E-state index >= 15 is 0 Å². The Morgan fingerprint density at radius 3 is 2.25 bits per heavy atom. The monoisotopic (exact) mass is 384 g/mol. The molecule has 0 atom stereocenters. The van der Waals surface area contributed by atoms with E-state index in [1.807, 2.05) is 6.92 Å². The fourth-order valence-electron chi connectivity index (χ4n) is 7.24. The van der Waals surface area contributed by atoms with Crippen molar-refractivity contribution in [3.8, 4) is 0 Å². The third kappa shape index (κ3) is 3.53. The van der Waals surface area contributed by atoms with E-state index in [9.17, 15) is 4.79 Å². The van der Waals surface area contributed by atoms with Gasteiger partial charge in [0.1, 0.15) is 11.5 Å². The summed E-state index contributed by atoms with van der Waals surface area (Å²) in [5.74, 6) is 5.64. The summed E-state index contributed by atoms with van der Waals surface area (Å²) in [6.45, 7) is 8.22. The summed E-state index contributed by atoms with van der Waals surface area (Å²) in [5.41, 5.74) is 1.33. The van der Waals surface area contributed by atoms with E-state index in [4.69, 9.17) is 4.42 Å². The molecule has 4 heteroatoms. The van der Waals surface area contributed by atoms with Crippen molar-refractivity contribution in [2.45, 2.75) is 71.8 Å². The SMILES string of the molecule is Cc1cc(CN2CCC(CNC(=O)C34CC5CC(CC(C5)C3)C4)CC2)c(C)o1. The molecule has 4 nitrogen and oxygen atoms in total. The number of rotatable bonds is 5. The molecule has 0 radical (unpaired) electrons. The van der Waals surface area contributed by atoms with Crippen LogP contribution in [0.1, 0.15) is 68.5 Å². The quantitative estimate of drug-likeness (QED) is 0.816. The van der Waals surface area contributed by atoms with Gasteiger partial charge in [-0.1, -0.05) is 0 Å². The van der Waals surface area contributed by atoms with E-state index in [0.29, 0.717) is 11.8 Å². The van der Waals surface area contributed by atoms with E-state index in [0.717, 1.165) is 55.5 Å². The summed E-state index contributed by atoms with van der Waals surface area (Å²) in [6, 6.07) is 2.17. The van der Waals surface area contributed by atoms with Crippen molar-refractivity contribution in [2.24, 2.45) is 29.1 Å². The highest BCUT2D eigenvalue weighted by molar-refractivity contribution is 5.83. The second-order valence-electron chi connectivity index (χ2n) is 10.6. The van der Waals surface area contributed by atoms with Crippen LogP contribution in [0.3, 0.4) is 0 Å². The number of likely N-dealkylation sites (tertiary alicyclic amines) is 1. The van der Waals surface area contributed by atoms with Gasteiger partial charge in [0, 0.05) is 24.1 Å². The lowest BCUT2D eigenvalue weighted by Crippen LogP contribution is -2.54. The van der Waals surface area contributed by atoms with Crippen LogP contribution in [0.4, 0.5) is 0 Å². The molecule has 4 bridgehead atoms. The number of hydrogen-bond acceptors (Lipinski definition) is 3. The third-order valence-corrected chi connectivity index (χ3v) is 8.32. The fourth-order valence-corrected chi connectivity index (χ4v) is 7.24. The average molecular weight is 385 g/mol. The molecule has 0 unspecified atom stereocenters. The molecule has 6 rings (SSSR count). The highest BCUT2D eigenvalue weighted by atomic mass is 16.3. The summed E-state index contributed by atoms with van der Waals surface area (Å²) in [5, 5.41) is 3.41. The topological polar surface area (TPSA) is 45.5 Å². The maximum atomic E-state index is 13.2. The number of aryl methyl sites for hydroxylation is 2. The molecule has 1 saturated heterocycles. The maximum Gasteiger partial charge on any atom is 0.226 e. The van der Waals surface area contributed by atoms with Crippen molar-refractivity contribution in [2.75, 3.05) is 19.6 Å². The lowest BCUT2D eigenvalue weighted by Gasteiger charge is -2.55. The molecular formula is C24H36N2O2. The zero-order chi connectivity index (χ0) is 19.3. The molecular weight excluding hydrogens is 348 g/mol. The number of furan rings is 1. The van der Waals surface area contributed by atoms with Crippen LogP contribution in [0.15, 0.2) is 10.5 Å². The zero-order valence-corrected chi connectivity index (χ0v) is 17.6. The predicted molar refractivity (Wildman–Crippen MR) is 110 cm³/mol. The van der Waals surface area contributed by atoms with Crippen LogP contribution < -0.4 is 5.32 Å². The highest BCUT2D eigenvalue weighted by Crippen LogP contribution is 2.60. The minimum Gasteiger partial charge on any atom is -0.466 e. The van der Waals surface area contributed by atoms with Gasteiger partial charge in [0.15, 0.2) is 0 Å². The molecule has 1 aromatic heterocycles. The first-order valence-electron chi connectivity index (χ1n) is 11.6. The smallest absolute Gasteiger partial charge is 0.226 e. The molecule has 154 valence electrons. The first kappa shape index (κ1) is 18.7. The molecule has 4 saturated carbocycles. The van der Waals surface area contributed by atoms with Crippen molar-refractivity contribution in [3.05, 3.63) is 23.2 Å². The molecule has 1 aliphatic heterocycles. The fraction of sp³-hybridized carbons (Fsp3) is 0.792. The van der Waals surface area contributed by atoms with Gasteiger partial charge >= 0.3 is 0 Å². The molecule has 5 fully saturated rings. The predicted octanol–water partition coefficient (Wildman–Crippen LogP) is 4.44. The Kier molecular flexibility index (Phi) is 4.81. The number of carbonyl (C=O) groups excluding carboxylic acids is 1. The molecule has 2 heterocycles.